The Morgan fingerprint density at radius 2 is 1.92 bits per heavy atom. The maximum absolute atomic E-state index is 12.2. The third kappa shape index (κ3) is 5.43. The number of benzene rings is 2. The highest BCUT2D eigenvalue weighted by Gasteiger charge is 2.28. The van der Waals surface area contributed by atoms with Gasteiger partial charge in [0.2, 0.25) is 0 Å². The summed E-state index contributed by atoms with van der Waals surface area (Å²) >= 11 is 1.54. The van der Waals surface area contributed by atoms with Crippen molar-refractivity contribution in [2.24, 2.45) is 0 Å². The molecule has 0 saturated heterocycles. The van der Waals surface area contributed by atoms with Crippen molar-refractivity contribution in [2.75, 3.05) is 18.2 Å². The standard InChI is InChI=1S/C17H13F3N2O2S/c1-25-14-5-2-11(3-6-14)16(23)22-13-4-7-15(12(8-13)9-21)24-10-17(18,19)20/h2-8H,10H2,1H3,(H,22,23). The molecule has 0 radical (unpaired) electrons. The highest BCUT2D eigenvalue weighted by Crippen LogP contribution is 2.25. The zero-order chi connectivity index (χ0) is 18.4. The largest absolute Gasteiger partial charge is 0.483 e. The van der Waals surface area contributed by atoms with Gasteiger partial charge >= 0.3 is 6.18 Å². The molecule has 0 aliphatic carbocycles. The van der Waals surface area contributed by atoms with Crippen molar-refractivity contribution in [1.29, 1.82) is 5.26 Å². The second-order valence-corrected chi connectivity index (χ2v) is 5.79. The molecule has 0 unspecified atom stereocenters. The van der Waals surface area contributed by atoms with Crippen molar-refractivity contribution in [2.45, 2.75) is 11.1 Å². The smallest absolute Gasteiger partial charge is 0.422 e. The molecule has 0 heterocycles. The lowest BCUT2D eigenvalue weighted by molar-refractivity contribution is -0.153. The van der Waals surface area contributed by atoms with Gasteiger partial charge in [-0.05, 0) is 48.7 Å². The van der Waals surface area contributed by atoms with Crippen LogP contribution >= 0.6 is 11.8 Å². The van der Waals surface area contributed by atoms with Gasteiger partial charge in [-0.2, -0.15) is 18.4 Å². The van der Waals surface area contributed by atoms with Crippen LogP contribution in [0.15, 0.2) is 47.4 Å². The van der Waals surface area contributed by atoms with Crippen LogP contribution in [0.1, 0.15) is 15.9 Å². The topological polar surface area (TPSA) is 62.1 Å². The molecule has 1 N–H and O–H groups in total. The van der Waals surface area contributed by atoms with Crippen molar-refractivity contribution in [3.8, 4) is 11.8 Å². The fourth-order valence-corrected chi connectivity index (χ4v) is 2.33. The number of alkyl halides is 3. The van der Waals surface area contributed by atoms with Gasteiger partial charge in [0.05, 0.1) is 5.56 Å². The summed E-state index contributed by atoms with van der Waals surface area (Å²) in [7, 11) is 0. The number of thioether (sulfide) groups is 1. The summed E-state index contributed by atoms with van der Waals surface area (Å²) in [6.45, 7) is -1.49. The fraction of sp³-hybridized carbons (Fsp3) is 0.176. The van der Waals surface area contributed by atoms with E-state index in [1.807, 2.05) is 6.26 Å². The quantitative estimate of drug-likeness (QED) is 0.793. The Bertz CT molecular complexity index is 799. The first-order valence-electron chi connectivity index (χ1n) is 7.01. The molecular weight excluding hydrogens is 353 g/mol. The number of ether oxygens (including phenoxy) is 1. The number of amides is 1. The van der Waals surface area contributed by atoms with E-state index >= 15 is 0 Å². The van der Waals surface area contributed by atoms with Gasteiger partial charge in [-0.3, -0.25) is 4.79 Å². The van der Waals surface area contributed by atoms with Gasteiger partial charge in [0, 0.05) is 16.1 Å². The number of nitrogens with one attached hydrogen (secondary N) is 1. The van der Waals surface area contributed by atoms with Crippen molar-refractivity contribution in [3.05, 3.63) is 53.6 Å². The molecule has 0 fully saturated rings. The summed E-state index contributed by atoms with van der Waals surface area (Å²) in [5.41, 5.74) is 0.614. The van der Waals surface area contributed by atoms with E-state index in [4.69, 9.17) is 5.26 Å². The van der Waals surface area contributed by atoms with Crippen LogP contribution in [0, 0.1) is 11.3 Å². The molecule has 0 atom stereocenters. The summed E-state index contributed by atoms with van der Waals surface area (Å²) in [4.78, 5) is 13.2. The second kappa shape index (κ2) is 7.94. The molecule has 0 spiro atoms. The molecule has 130 valence electrons. The summed E-state index contributed by atoms with van der Waals surface area (Å²) in [6.07, 6.45) is -2.58. The highest BCUT2D eigenvalue weighted by molar-refractivity contribution is 7.98. The van der Waals surface area contributed by atoms with E-state index in [1.54, 1.807) is 42.1 Å². The average molecular weight is 366 g/mol. The number of carbonyl (C=O) groups excluding carboxylic acids is 1. The molecule has 0 aromatic heterocycles. The monoisotopic (exact) mass is 366 g/mol. The van der Waals surface area contributed by atoms with Crippen LogP contribution in [0.3, 0.4) is 0 Å². The van der Waals surface area contributed by atoms with E-state index in [1.165, 1.54) is 18.2 Å². The van der Waals surface area contributed by atoms with Gasteiger partial charge < -0.3 is 10.1 Å². The molecule has 2 aromatic carbocycles. The van der Waals surface area contributed by atoms with Crippen molar-refractivity contribution < 1.29 is 22.7 Å². The molecule has 0 aliphatic rings. The van der Waals surface area contributed by atoms with Gasteiger partial charge in [-0.15, -0.1) is 11.8 Å². The molecule has 0 aliphatic heterocycles. The maximum Gasteiger partial charge on any atom is 0.422 e. The van der Waals surface area contributed by atoms with E-state index in [0.717, 1.165) is 4.90 Å². The lowest BCUT2D eigenvalue weighted by atomic mass is 10.1. The number of rotatable bonds is 5. The minimum atomic E-state index is -4.50. The Kier molecular flexibility index (Phi) is 5.93. The Morgan fingerprint density at radius 1 is 1.24 bits per heavy atom. The lowest BCUT2D eigenvalue weighted by Gasteiger charge is -2.12. The summed E-state index contributed by atoms with van der Waals surface area (Å²) in [5, 5.41) is 11.7. The Hall–Kier alpha value is -2.66. The molecule has 8 heteroatoms. The number of nitriles is 1. The predicted octanol–water partition coefficient (Wildman–Crippen LogP) is 4.47. The molecule has 25 heavy (non-hydrogen) atoms. The Morgan fingerprint density at radius 3 is 2.48 bits per heavy atom. The van der Waals surface area contributed by atoms with Crippen LogP contribution in [-0.2, 0) is 0 Å². The number of hydrogen-bond acceptors (Lipinski definition) is 4. The van der Waals surface area contributed by atoms with Crippen LogP contribution in [0.2, 0.25) is 0 Å². The van der Waals surface area contributed by atoms with E-state index in [2.05, 4.69) is 10.1 Å². The molecule has 0 saturated carbocycles. The van der Waals surface area contributed by atoms with Crippen LogP contribution in [-0.4, -0.2) is 24.9 Å². The third-order valence-corrected chi connectivity index (χ3v) is 3.84. The fourth-order valence-electron chi connectivity index (χ4n) is 1.93. The van der Waals surface area contributed by atoms with Gasteiger partial charge in [-0.25, -0.2) is 0 Å². The SMILES string of the molecule is CSc1ccc(C(=O)Nc2ccc(OCC(F)(F)F)c(C#N)c2)cc1. The first-order valence-corrected chi connectivity index (χ1v) is 8.24. The Balaban J connectivity index is 2.11. The number of anilines is 1. The minimum absolute atomic E-state index is 0.0974. The van der Waals surface area contributed by atoms with Gasteiger partial charge in [0.25, 0.3) is 5.91 Å². The molecule has 1 amide bonds. The van der Waals surface area contributed by atoms with Crippen LogP contribution < -0.4 is 10.1 Å². The van der Waals surface area contributed by atoms with Crippen LogP contribution in [0.5, 0.6) is 5.75 Å². The van der Waals surface area contributed by atoms with Crippen LogP contribution in [0.4, 0.5) is 18.9 Å². The molecule has 2 rings (SSSR count). The predicted molar refractivity (Wildman–Crippen MR) is 88.9 cm³/mol. The lowest BCUT2D eigenvalue weighted by Crippen LogP contribution is -2.19. The number of halogens is 3. The zero-order valence-corrected chi connectivity index (χ0v) is 13.9. The molecule has 0 bridgehead atoms. The molecule has 4 nitrogen and oxygen atoms in total. The first kappa shape index (κ1) is 18.7. The summed E-state index contributed by atoms with van der Waals surface area (Å²) in [5.74, 6) is -0.581. The number of nitrogens with zero attached hydrogens (tertiary/aromatic N) is 1. The van der Waals surface area contributed by atoms with E-state index in [-0.39, 0.29) is 22.9 Å². The number of hydrogen-bond donors (Lipinski definition) is 1. The van der Waals surface area contributed by atoms with Gasteiger partial charge in [0.15, 0.2) is 6.61 Å². The van der Waals surface area contributed by atoms with E-state index in [0.29, 0.717) is 5.56 Å². The Labute approximate surface area is 146 Å². The highest BCUT2D eigenvalue weighted by atomic mass is 32.2. The third-order valence-electron chi connectivity index (χ3n) is 3.10. The van der Waals surface area contributed by atoms with Crippen molar-refractivity contribution >= 4 is 23.4 Å². The summed E-state index contributed by atoms with van der Waals surface area (Å²) in [6, 6.07) is 12.5. The molecular formula is C17H13F3N2O2S. The van der Waals surface area contributed by atoms with Crippen molar-refractivity contribution in [1.82, 2.24) is 0 Å². The normalized spacial score (nSPS) is 10.8. The summed E-state index contributed by atoms with van der Waals surface area (Å²) < 4.78 is 41.2. The van der Waals surface area contributed by atoms with E-state index < -0.39 is 12.8 Å². The van der Waals surface area contributed by atoms with Crippen LogP contribution in [0.25, 0.3) is 0 Å². The van der Waals surface area contributed by atoms with E-state index in [9.17, 15) is 18.0 Å². The zero-order valence-electron chi connectivity index (χ0n) is 13.1. The molecule has 2 aromatic rings. The van der Waals surface area contributed by atoms with Gasteiger partial charge in [0.1, 0.15) is 11.8 Å². The average Bonchev–Trinajstić information content (AvgIpc) is 2.59. The first-order chi connectivity index (χ1) is 11.8. The maximum atomic E-state index is 12.2. The minimum Gasteiger partial charge on any atom is -0.483 e. The second-order valence-electron chi connectivity index (χ2n) is 4.91. The van der Waals surface area contributed by atoms with Crippen molar-refractivity contribution in [3.63, 3.8) is 0 Å². The number of carbonyl (C=O) groups is 1. The van der Waals surface area contributed by atoms with Gasteiger partial charge in [-0.1, -0.05) is 0 Å².